The molecule has 1 aromatic carbocycles. The average molecular weight is 334 g/mol. The summed E-state index contributed by atoms with van der Waals surface area (Å²) in [5.74, 6) is 1.14. The minimum atomic E-state index is 0.901. The molecule has 0 radical (unpaired) electrons. The van der Waals surface area contributed by atoms with Crippen molar-refractivity contribution in [2.45, 2.75) is 32.7 Å². The molecule has 0 fully saturated rings. The van der Waals surface area contributed by atoms with Gasteiger partial charge in [-0.05, 0) is 44.2 Å². The van der Waals surface area contributed by atoms with Crippen LogP contribution in [0.3, 0.4) is 0 Å². The number of benzene rings is 1. The second kappa shape index (κ2) is 8.58. The normalized spacial score (nSPS) is 11.1. The summed E-state index contributed by atoms with van der Waals surface area (Å²) in [6.45, 7) is 8.82. The fourth-order valence-corrected chi connectivity index (χ4v) is 2.97. The van der Waals surface area contributed by atoms with E-state index in [1.807, 2.05) is 24.4 Å². The van der Waals surface area contributed by atoms with Crippen LogP contribution in [0.1, 0.15) is 24.9 Å². The van der Waals surface area contributed by atoms with E-state index in [9.17, 15) is 0 Å². The average Bonchev–Trinajstić information content (AvgIpc) is 2.98. The van der Waals surface area contributed by atoms with Crippen LogP contribution in [-0.2, 0) is 19.4 Å². The maximum atomic E-state index is 4.84. The van der Waals surface area contributed by atoms with Crippen molar-refractivity contribution in [3.63, 3.8) is 0 Å². The molecule has 4 heteroatoms. The summed E-state index contributed by atoms with van der Waals surface area (Å²) in [6.07, 6.45) is 4.72. The molecule has 2 heterocycles. The molecule has 0 spiro atoms. The van der Waals surface area contributed by atoms with Crippen molar-refractivity contribution in [1.82, 2.24) is 19.9 Å². The van der Waals surface area contributed by atoms with Gasteiger partial charge < -0.3 is 9.88 Å². The van der Waals surface area contributed by atoms with Crippen molar-refractivity contribution in [3.05, 3.63) is 72.3 Å². The first kappa shape index (κ1) is 17.4. The van der Waals surface area contributed by atoms with Gasteiger partial charge in [0.2, 0.25) is 0 Å². The number of nitrogens with one attached hydrogen (secondary N) is 1. The highest BCUT2D eigenvalue weighted by atomic mass is 15.1. The van der Waals surface area contributed by atoms with E-state index in [2.05, 4.69) is 52.6 Å². The molecule has 0 aliphatic heterocycles. The van der Waals surface area contributed by atoms with Crippen LogP contribution in [0, 0.1) is 0 Å². The minimum Gasteiger partial charge on any atom is -0.328 e. The molecule has 25 heavy (non-hydrogen) atoms. The van der Waals surface area contributed by atoms with Gasteiger partial charge in [-0.25, -0.2) is 4.98 Å². The lowest BCUT2D eigenvalue weighted by Gasteiger charge is -2.10. The molecule has 130 valence electrons. The van der Waals surface area contributed by atoms with Gasteiger partial charge in [0.1, 0.15) is 5.82 Å². The molecular weight excluding hydrogens is 308 g/mol. The van der Waals surface area contributed by atoms with Gasteiger partial charge in [-0.2, -0.15) is 0 Å². The molecule has 3 rings (SSSR count). The molecule has 0 aliphatic rings. The number of hydrogen-bond acceptors (Lipinski definition) is 3. The Labute approximate surface area is 149 Å². The lowest BCUT2D eigenvalue weighted by Crippen LogP contribution is -2.20. The van der Waals surface area contributed by atoms with Crippen molar-refractivity contribution in [2.75, 3.05) is 13.1 Å². The third-order valence-corrected chi connectivity index (χ3v) is 4.31. The van der Waals surface area contributed by atoms with Crippen LogP contribution in [0.25, 0.3) is 11.0 Å². The molecule has 3 aromatic rings. The van der Waals surface area contributed by atoms with Crippen LogP contribution in [0.4, 0.5) is 0 Å². The molecule has 0 bridgehead atoms. The van der Waals surface area contributed by atoms with Crippen molar-refractivity contribution in [3.8, 4) is 0 Å². The Morgan fingerprint density at radius 2 is 1.92 bits per heavy atom. The first-order valence-corrected chi connectivity index (χ1v) is 8.93. The lowest BCUT2D eigenvalue weighted by atomic mass is 10.2. The molecule has 0 atom stereocenters. The molecule has 0 unspecified atom stereocenters. The number of aromatic nitrogens is 3. The van der Waals surface area contributed by atoms with Crippen molar-refractivity contribution in [1.29, 1.82) is 0 Å². The maximum Gasteiger partial charge on any atom is 0.111 e. The highest BCUT2D eigenvalue weighted by Gasteiger charge is 2.10. The quantitative estimate of drug-likeness (QED) is 0.478. The predicted octanol–water partition coefficient (Wildman–Crippen LogP) is 3.77. The molecule has 0 saturated heterocycles. The Bertz CT molecular complexity index is 820. The molecule has 0 aliphatic carbocycles. The first-order valence-electron chi connectivity index (χ1n) is 8.93. The highest BCUT2D eigenvalue weighted by Crippen LogP contribution is 2.17. The summed E-state index contributed by atoms with van der Waals surface area (Å²) in [7, 11) is 0. The molecular formula is C21H26N4. The summed E-state index contributed by atoms with van der Waals surface area (Å²) < 4.78 is 2.34. The van der Waals surface area contributed by atoms with Gasteiger partial charge in [0.15, 0.2) is 0 Å². The third-order valence-electron chi connectivity index (χ3n) is 4.31. The Hall–Kier alpha value is -2.46. The minimum absolute atomic E-state index is 0.901. The second-order valence-corrected chi connectivity index (χ2v) is 6.45. The zero-order valence-corrected chi connectivity index (χ0v) is 14.9. The zero-order valence-electron chi connectivity index (χ0n) is 14.9. The van der Waals surface area contributed by atoms with E-state index in [1.54, 1.807) is 0 Å². The molecule has 0 saturated carbocycles. The monoisotopic (exact) mass is 334 g/mol. The Morgan fingerprint density at radius 1 is 1.08 bits per heavy atom. The molecule has 2 aromatic heterocycles. The van der Waals surface area contributed by atoms with E-state index in [1.165, 1.54) is 11.1 Å². The van der Waals surface area contributed by atoms with Gasteiger partial charge in [-0.15, -0.1) is 6.58 Å². The zero-order chi connectivity index (χ0) is 17.5. The number of hydrogen-bond donors (Lipinski definition) is 1. The number of para-hydroxylation sites is 2. The SMILES string of the molecule is C=C(C)CCNCCc1nc2ccccc2n1CCc1ccccn1. The maximum absolute atomic E-state index is 4.84. The molecule has 1 N–H and O–H groups in total. The summed E-state index contributed by atoms with van der Waals surface area (Å²) >= 11 is 0. The predicted molar refractivity (Wildman–Crippen MR) is 104 cm³/mol. The highest BCUT2D eigenvalue weighted by molar-refractivity contribution is 5.75. The van der Waals surface area contributed by atoms with E-state index >= 15 is 0 Å². The van der Waals surface area contributed by atoms with Crippen LogP contribution < -0.4 is 5.32 Å². The van der Waals surface area contributed by atoms with Gasteiger partial charge in [0.25, 0.3) is 0 Å². The number of fused-ring (bicyclic) bond motifs is 1. The van der Waals surface area contributed by atoms with E-state index < -0.39 is 0 Å². The summed E-state index contributed by atoms with van der Waals surface area (Å²) in [6, 6.07) is 14.4. The summed E-state index contributed by atoms with van der Waals surface area (Å²) in [5, 5.41) is 3.48. The van der Waals surface area contributed by atoms with Gasteiger partial charge >= 0.3 is 0 Å². The smallest absolute Gasteiger partial charge is 0.111 e. The second-order valence-electron chi connectivity index (χ2n) is 6.45. The number of pyridine rings is 1. The Morgan fingerprint density at radius 3 is 2.72 bits per heavy atom. The molecule has 4 nitrogen and oxygen atoms in total. The van der Waals surface area contributed by atoms with Crippen LogP contribution in [0.15, 0.2) is 60.8 Å². The number of nitrogens with zero attached hydrogens (tertiary/aromatic N) is 3. The third kappa shape index (κ3) is 4.77. The number of rotatable bonds is 9. The van der Waals surface area contributed by atoms with Gasteiger partial charge in [0, 0.05) is 37.8 Å². The van der Waals surface area contributed by atoms with Crippen LogP contribution in [-0.4, -0.2) is 27.6 Å². The largest absolute Gasteiger partial charge is 0.328 e. The van der Waals surface area contributed by atoms with Crippen molar-refractivity contribution < 1.29 is 0 Å². The lowest BCUT2D eigenvalue weighted by molar-refractivity contribution is 0.619. The van der Waals surface area contributed by atoms with E-state index in [0.717, 1.165) is 55.9 Å². The van der Waals surface area contributed by atoms with Crippen molar-refractivity contribution >= 4 is 11.0 Å². The van der Waals surface area contributed by atoms with E-state index in [4.69, 9.17) is 4.98 Å². The fourth-order valence-electron chi connectivity index (χ4n) is 2.97. The van der Waals surface area contributed by atoms with E-state index in [0.29, 0.717) is 0 Å². The Kier molecular flexibility index (Phi) is 5.96. The van der Waals surface area contributed by atoms with Crippen LogP contribution in [0.2, 0.25) is 0 Å². The Balaban J connectivity index is 1.69. The fraction of sp³-hybridized carbons (Fsp3) is 0.333. The summed E-state index contributed by atoms with van der Waals surface area (Å²) in [5.41, 5.74) is 4.61. The van der Waals surface area contributed by atoms with Gasteiger partial charge in [0.05, 0.1) is 11.0 Å². The molecule has 0 amide bonds. The topological polar surface area (TPSA) is 42.7 Å². The standard InChI is InChI=1S/C21H26N4/c1-17(2)10-14-22-15-11-21-24-19-8-3-4-9-20(19)25(21)16-12-18-7-5-6-13-23-18/h3-9,13,22H,1,10-12,14-16H2,2H3. The first-order chi connectivity index (χ1) is 12.2. The number of aryl methyl sites for hydroxylation is 2. The van der Waals surface area contributed by atoms with Crippen LogP contribution >= 0.6 is 0 Å². The number of imidazole rings is 1. The van der Waals surface area contributed by atoms with Gasteiger partial charge in [-0.3, -0.25) is 4.98 Å². The van der Waals surface area contributed by atoms with Crippen molar-refractivity contribution in [2.24, 2.45) is 0 Å². The van der Waals surface area contributed by atoms with E-state index in [-0.39, 0.29) is 0 Å². The van der Waals surface area contributed by atoms with Crippen LogP contribution in [0.5, 0.6) is 0 Å². The van der Waals surface area contributed by atoms with Gasteiger partial charge in [-0.1, -0.05) is 23.8 Å². The summed E-state index contributed by atoms with van der Waals surface area (Å²) in [4.78, 5) is 9.28.